The molecule has 1 N–H and O–H groups in total. The Morgan fingerprint density at radius 2 is 1.57 bits per heavy atom. The summed E-state index contributed by atoms with van der Waals surface area (Å²) in [5.74, 6) is -0.0432. The maximum atomic E-state index is 12.6. The van der Waals surface area contributed by atoms with E-state index in [2.05, 4.69) is 5.32 Å². The zero-order chi connectivity index (χ0) is 16.4. The smallest absolute Gasteiger partial charge is 0.240 e. The first-order valence-corrected chi connectivity index (χ1v) is 7.91. The lowest BCUT2D eigenvalue weighted by Crippen LogP contribution is -2.35. The third-order valence-corrected chi connectivity index (χ3v) is 4.20. The van der Waals surface area contributed by atoms with E-state index in [0.29, 0.717) is 10.8 Å². The summed E-state index contributed by atoms with van der Waals surface area (Å²) in [5, 5.41) is 4.27. The molecule has 0 fully saturated rings. The van der Waals surface area contributed by atoms with Crippen LogP contribution in [0.15, 0.2) is 53.3 Å². The number of benzene rings is 2. The zero-order valence-electron chi connectivity index (χ0n) is 13.4. The Morgan fingerprint density at radius 1 is 1.04 bits per heavy atom. The Balaban J connectivity index is 2.19. The molecule has 3 rings (SSSR count). The molecule has 4 heteroatoms. The number of amides is 1. The maximum Gasteiger partial charge on any atom is 0.240 e. The number of carbonyl (C=O) groups excluding carboxylic acids is 1. The molecule has 23 heavy (non-hydrogen) atoms. The number of aromatic nitrogens is 1. The largest absolute Gasteiger partial charge is 0.352 e. The van der Waals surface area contributed by atoms with Gasteiger partial charge in [0, 0.05) is 16.8 Å². The van der Waals surface area contributed by atoms with Crippen molar-refractivity contribution in [2.75, 3.05) is 0 Å². The number of pyridine rings is 1. The summed E-state index contributed by atoms with van der Waals surface area (Å²) >= 11 is 0. The second-order valence-corrected chi connectivity index (χ2v) is 5.83. The zero-order valence-corrected chi connectivity index (χ0v) is 13.4. The Bertz CT molecular complexity index is 867. The van der Waals surface area contributed by atoms with E-state index in [4.69, 9.17) is 0 Å². The highest BCUT2D eigenvalue weighted by Gasteiger charge is 2.13. The van der Waals surface area contributed by atoms with Gasteiger partial charge in [-0.2, -0.15) is 0 Å². The van der Waals surface area contributed by atoms with Gasteiger partial charge in [-0.15, -0.1) is 0 Å². The Labute approximate surface area is 134 Å². The van der Waals surface area contributed by atoms with Crippen molar-refractivity contribution in [3.63, 3.8) is 0 Å². The van der Waals surface area contributed by atoms with Crippen LogP contribution in [0.5, 0.6) is 0 Å². The lowest BCUT2D eigenvalue weighted by Gasteiger charge is -2.17. The molecule has 0 spiro atoms. The van der Waals surface area contributed by atoms with Crippen LogP contribution in [-0.4, -0.2) is 16.5 Å². The molecule has 4 nitrogen and oxygen atoms in total. The summed E-state index contributed by atoms with van der Waals surface area (Å²) in [6, 6.07) is 15.0. The number of hydrogen-bond donors (Lipinski definition) is 1. The number of nitrogens with zero attached hydrogens (tertiary/aromatic N) is 1. The highest BCUT2D eigenvalue weighted by atomic mass is 16.2. The molecule has 1 heterocycles. The number of rotatable bonds is 4. The molecule has 3 aromatic rings. The van der Waals surface area contributed by atoms with E-state index < -0.39 is 0 Å². The van der Waals surface area contributed by atoms with Crippen LogP contribution < -0.4 is 10.7 Å². The van der Waals surface area contributed by atoms with Crippen molar-refractivity contribution in [2.45, 2.75) is 32.9 Å². The van der Waals surface area contributed by atoms with E-state index >= 15 is 0 Å². The number of carbonyl (C=O) groups is 1. The summed E-state index contributed by atoms with van der Waals surface area (Å²) in [4.78, 5) is 25.0. The molecule has 1 amide bonds. The molecule has 0 aliphatic heterocycles. The summed E-state index contributed by atoms with van der Waals surface area (Å²) in [7, 11) is 0. The molecule has 1 unspecified atom stereocenters. The van der Waals surface area contributed by atoms with Crippen molar-refractivity contribution < 1.29 is 4.79 Å². The lowest BCUT2D eigenvalue weighted by atomic mass is 10.1. The fourth-order valence-corrected chi connectivity index (χ4v) is 2.81. The van der Waals surface area contributed by atoms with E-state index in [0.717, 1.165) is 17.5 Å². The van der Waals surface area contributed by atoms with E-state index in [9.17, 15) is 9.59 Å². The Morgan fingerprint density at radius 3 is 2.09 bits per heavy atom. The van der Waals surface area contributed by atoms with Crippen LogP contribution in [-0.2, 0) is 11.3 Å². The van der Waals surface area contributed by atoms with Gasteiger partial charge in [-0.25, -0.2) is 0 Å². The van der Waals surface area contributed by atoms with Crippen molar-refractivity contribution in [1.82, 2.24) is 9.88 Å². The second-order valence-electron chi connectivity index (χ2n) is 5.83. The van der Waals surface area contributed by atoms with Crippen LogP contribution in [0, 0.1) is 0 Å². The second kappa shape index (κ2) is 6.24. The van der Waals surface area contributed by atoms with Crippen LogP contribution in [0.3, 0.4) is 0 Å². The standard InChI is InChI=1S/C19H20N2O2/c1-3-13(2)20-18(22)12-21-16-10-6-4-8-14(16)19(23)15-9-5-7-11-17(15)21/h4-11,13H,3,12H2,1-2H3,(H,20,22). The van der Waals surface area contributed by atoms with Gasteiger partial charge < -0.3 is 9.88 Å². The van der Waals surface area contributed by atoms with Crippen LogP contribution >= 0.6 is 0 Å². The summed E-state index contributed by atoms with van der Waals surface area (Å²) < 4.78 is 1.92. The van der Waals surface area contributed by atoms with Crippen LogP contribution in [0.2, 0.25) is 0 Å². The molecule has 0 bridgehead atoms. The molecule has 0 aliphatic carbocycles. The van der Waals surface area contributed by atoms with Crippen molar-refractivity contribution >= 4 is 27.7 Å². The van der Waals surface area contributed by atoms with Gasteiger partial charge in [0.05, 0.1) is 11.0 Å². The highest BCUT2D eigenvalue weighted by molar-refractivity contribution is 5.94. The predicted molar refractivity (Wildman–Crippen MR) is 93.6 cm³/mol. The lowest BCUT2D eigenvalue weighted by molar-refractivity contribution is -0.122. The van der Waals surface area contributed by atoms with E-state index in [-0.39, 0.29) is 23.9 Å². The van der Waals surface area contributed by atoms with Crippen molar-refractivity contribution in [3.8, 4) is 0 Å². The summed E-state index contributed by atoms with van der Waals surface area (Å²) in [6.07, 6.45) is 0.886. The summed E-state index contributed by atoms with van der Waals surface area (Å²) in [5.41, 5.74) is 1.58. The number of nitrogens with one attached hydrogen (secondary N) is 1. The SMILES string of the molecule is CCC(C)NC(=O)Cn1c2ccccc2c(=O)c2ccccc21. The van der Waals surface area contributed by atoms with E-state index in [1.807, 2.05) is 66.9 Å². The molecule has 0 radical (unpaired) electrons. The van der Waals surface area contributed by atoms with Crippen molar-refractivity contribution in [3.05, 3.63) is 58.8 Å². The summed E-state index contributed by atoms with van der Waals surface area (Å²) in [6.45, 7) is 4.22. The number of hydrogen-bond acceptors (Lipinski definition) is 2. The molecule has 0 saturated carbocycles. The first-order valence-electron chi connectivity index (χ1n) is 7.91. The molecular weight excluding hydrogens is 288 g/mol. The molecule has 1 atom stereocenters. The normalized spacial score (nSPS) is 12.4. The van der Waals surface area contributed by atoms with Gasteiger partial charge in [-0.3, -0.25) is 9.59 Å². The third kappa shape index (κ3) is 2.84. The van der Waals surface area contributed by atoms with E-state index in [1.165, 1.54) is 0 Å². The van der Waals surface area contributed by atoms with Crippen LogP contribution in [0.4, 0.5) is 0 Å². The minimum atomic E-state index is -0.0432. The number of para-hydroxylation sites is 2. The van der Waals surface area contributed by atoms with Gasteiger partial charge >= 0.3 is 0 Å². The minimum Gasteiger partial charge on any atom is -0.352 e. The van der Waals surface area contributed by atoms with Crippen LogP contribution in [0.25, 0.3) is 21.8 Å². The monoisotopic (exact) mass is 308 g/mol. The molecular formula is C19H20N2O2. The van der Waals surface area contributed by atoms with Crippen molar-refractivity contribution in [1.29, 1.82) is 0 Å². The molecule has 0 aliphatic rings. The van der Waals surface area contributed by atoms with Gasteiger partial charge in [-0.1, -0.05) is 31.2 Å². The van der Waals surface area contributed by atoms with Gasteiger partial charge in [0.15, 0.2) is 5.43 Å². The first-order chi connectivity index (χ1) is 11.1. The fraction of sp³-hybridized carbons (Fsp3) is 0.263. The van der Waals surface area contributed by atoms with Crippen molar-refractivity contribution in [2.24, 2.45) is 0 Å². The fourth-order valence-electron chi connectivity index (χ4n) is 2.81. The Hall–Kier alpha value is -2.62. The Kier molecular flexibility index (Phi) is 4.15. The van der Waals surface area contributed by atoms with Gasteiger partial charge in [0.1, 0.15) is 6.54 Å². The molecule has 118 valence electrons. The van der Waals surface area contributed by atoms with Gasteiger partial charge in [0.2, 0.25) is 5.91 Å². The molecule has 0 saturated heterocycles. The molecule has 2 aromatic carbocycles. The minimum absolute atomic E-state index is 0.00906. The van der Waals surface area contributed by atoms with Gasteiger partial charge in [0.25, 0.3) is 0 Å². The average molecular weight is 308 g/mol. The average Bonchev–Trinajstić information content (AvgIpc) is 2.58. The molecule has 1 aromatic heterocycles. The van der Waals surface area contributed by atoms with Gasteiger partial charge in [-0.05, 0) is 37.6 Å². The highest BCUT2D eigenvalue weighted by Crippen LogP contribution is 2.18. The third-order valence-electron chi connectivity index (χ3n) is 4.20. The number of fused-ring (bicyclic) bond motifs is 2. The predicted octanol–water partition coefficient (Wildman–Crippen LogP) is 3.07. The maximum absolute atomic E-state index is 12.6. The van der Waals surface area contributed by atoms with Crippen LogP contribution in [0.1, 0.15) is 20.3 Å². The van der Waals surface area contributed by atoms with E-state index in [1.54, 1.807) is 0 Å². The quantitative estimate of drug-likeness (QED) is 0.753. The first kappa shape index (κ1) is 15.3. The topological polar surface area (TPSA) is 51.1 Å².